The Balaban J connectivity index is 1.29. The van der Waals surface area contributed by atoms with Crippen LogP contribution in [0.4, 0.5) is 0 Å². The number of carbonyl (C=O) groups is 18. The Labute approximate surface area is 857 Å². The van der Waals surface area contributed by atoms with Crippen molar-refractivity contribution < 1.29 is 107 Å². The molecule has 0 spiro atoms. The van der Waals surface area contributed by atoms with E-state index in [0.29, 0.717) is 27.6 Å². The number of nitrogens with zero attached hydrogens (tertiary/aromatic N) is 1. The molecule has 56 heteroatoms. The van der Waals surface area contributed by atoms with E-state index in [1.807, 2.05) is 0 Å². The Morgan fingerprint density at radius 2 is 0.811 bits per heavy atom. The van der Waals surface area contributed by atoms with Crippen molar-refractivity contribution >= 4 is 211 Å². The number of aromatic nitrogens is 1. The number of aliphatic hydroxyl groups is 2. The zero-order valence-electron chi connectivity index (χ0n) is 78.7. The number of rotatable bonds is 62. The zero-order valence-corrected chi connectivity index (χ0v) is 84.1. The van der Waals surface area contributed by atoms with Crippen molar-refractivity contribution in [3.63, 3.8) is 0 Å². The summed E-state index contributed by atoms with van der Waals surface area (Å²) in [5.74, 6) is -22.4. The molecule has 17 amide bonds. The number of thiol groups is 6. The molecule has 3 aromatic carbocycles. The first-order valence-corrected chi connectivity index (χ1v) is 49.4. The fourth-order valence-electron chi connectivity index (χ4n) is 14.5. The van der Waals surface area contributed by atoms with Crippen LogP contribution in [0.15, 0.2) is 85.1 Å². The van der Waals surface area contributed by atoms with Crippen molar-refractivity contribution in [3.05, 3.63) is 102 Å². The van der Waals surface area contributed by atoms with Crippen LogP contribution in [0, 0.1) is 22.1 Å². The number of H-pyrrole nitrogens is 1. The molecule has 18 atom stereocenters. The molecule has 5 rings (SSSR count). The van der Waals surface area contributed by atoms with E-state index >= 15 is 0 Å². The second-order valence-corrected chi connectivity index (χ2v) is 35.5. The number of phenols is 1. The van der Waals surface area contributed by atoms with E-state index in [1.54, 1.807) is 74.6 Å². The Bertz CT molecular complexity index is 5040. The van der Waals surface area contributed by atoms with E-state index < -0.39 is 270 Å². The van der Waals surface area contributed by atoms with Gasteiger partial charge in [0.05, 0.1) is 25.8 Å². The molecule has 50 nitrogen and oxygen atoms in total. The van der Waals surface area contributed by atoms with E-state index in [2.05, 4.69) is 182 Å². The molecule has 788 valence electrons. The average molecular weight is 2110 g/mol. The number of hydrogen-bond donors (Lipinski definition) is 37. The molecule has 0 aliphatic carbocycles. The molecule has 1 aliphatic rings. The van der Waals surface area contributed by atoms with Gasteiger partial charge in [0.15, 0.2) is 17.9 Å². The van der Waals surface area contributed by atoms with Gasteiger partial charge in [-0.15, -0.1) is 0 Å². The number of aromatic hydroxyl groups is 1. The number of guanidine groups is 3. The fourth-order valence-corrected chi connectivity index (χ4v) is 16.0. The summed E-state index contributed by atoms with van der Waals surface area (Å²) >= 11 is 25.8. The number of carboxylic acids is 1. The number of hydrogen-bond acceptors (Lipinski definition) is 31. The number of aliphatic carboxylic acids is 1. The van der Waals surface area contributed by atoms with Crippen molar-refractivity contribution in [2.24, 2.45) is 28.9 Å². The van der Waals surface area contributed by atoms with Gasteiger partial charge in [-0.05, 0) is 99.1 Å². The van der Waals surface area contributed by atoms with Crippen LogP contribution in [-0.4, -0.2) is 338 Å². The number of carbonyl (C=O) groups excluding carboxylic acids is 17. The van der Waals surface area contributed by atoms with Gasteiger partial charge in [0.2, 0.25) is 100 Å². The fraction of sp³-hybridized carbons (Fsp3) is 0.529. The molecule has 143 heavy (non-hydrogen) atoms. The number of phenolic OH excluding ortho intramolecular Hbond substituents is 1. The number of carboxylic acid groups (broad SMARTS) is 1. The number of benzene rings is 3. The van der Waals surface area contributed by atoms with Crippen molar-refractivity contribution in [3.8, 4) is 5.75 Å². The molecule has 1 aromatic heterocycles. The largest absolute Gasteiger partial charge is 0.508 e. The standard InChI is InChI=1S/C87H132N28O22S6/c1-4-43(2)67(81(133)111-62(41-142)79(131)114-68(44(3)117)82(134)104-53(84(136)137)20-12-28-97-87(93)94)113-78(130)61(40-141)109-73(125)56(32-47-34-98-50-17-9-8-16-49(47)50)106-75(127)58(37-138)101-66(120)35-99-69(121)54(31-46-22-24-48(118)25-23-46)105-70(122)51(18-10-26-95-85(89)90)102-74(126)57(36-116)107-77(129)60(39-140)110-80(132)64-21-13-29-115(64)83(135)63(42-143)112-71(123)52(19-11-27-96-86(91)92)103-76(128)59(38-139)108-72(124)55(100-65(119)33-88)30-45-14-6-5-7-15-45/h5-9,14-17,22-25,34,43-44,51-64,67-68,98,116-118,138-143H,4,10-13,18-21,26-33,35-42,88H2,1-3H3,(H,99,121)(H,100,119)(H,101,120)(H,102,126)(H,103,128)(H,104,134)(H,105,122)(H,106,127)(H,107,129)(H,108,124)(H,109,125)(H,110,132)(H,111,133)(H,112,123)(H,113,130)(H,114,131)(H,136,137)(H4,89,90,95)(H4,91,92,96)(H4,93,94,97)/t43-,44+,51-,52-,53-,54-,55-,56-,57-,58-,59-,60-,61-,62-,63-,64-,67-,68-/m0/s1. The normalized spacial score (nSPS) is 15.7. The molecule has 1 aliphatic heterocycles. The van der Waals surface area contributed by atoms with Gasteiger partial charge in [-0.3, -0.25) is 97.7 Å². The molecule has 0 bridgehead atoms. The molecule has 0 unspecified atom stereocenters. The highest BCUT2D eigenvalue weighted by Crippen LogP contribution is 2.23. The summed E-state index contributed by atoms with van der Waals surface area (Å²) in [6, 6.07) is -3.63. The highest BCUT2D eigenvalue weighted by Gasteiger charge is 2.43. The number of amides is 17. The molecule has 0 radical (unpaired) electrons. The van der Waals surface area contributed by atoms with Gasteiger partial charge in [-0.1, -0.05) is 80.9 Å². The number of likely N-dealkylation sites (tertiary alicyclic amines) is 1. The average Bonchev–Trinajstić information content (AvgIpc) is 1.70. The number of fused-ring (bicyclic) bond motifs is 1. The summed E-state index contributed by atoms with van der Waals surface area (Å²) in [4.78, 5) is 256. The van der Waals surface area contributed by atoms with Crippen molar-refractivity contribution in [1.29, 1.82) is 16.2 Å². The van der Waals surface area contributed by atoms with Gasteiger partial charge < -0.3 is 154 Å². The Kier molecular flexibility index (Phi) is 52.9. The summed E-state index contributed by atoms with van der Waals surface area (Å²) < 4.78 is 0. The lowest BCUT2D eigenvalue weighted by Crippen LogP contribution is -2.62. The number of nitrogens with one attached hydrogen (secondary N) is 23. The minimum Gasteiger partial charge on any atom is -0.508 e. The first-order valence-electron chi connectivity index (χ1n) is 45.6. The number of aliphatic hydroxyl groups excluding tert-OH is 2. The van der Waals surface area contributed by atoms with Crippen LogP contribution in [-0.2, 0) is 106 Å². The van der Waals surface area contributed by atoms with E-state index in [-0.39, 0.29) is 126 Å². The first kappa shape index (κ1) is 121. The van der Waals surface area contributed by atoms with Gasteiger partial charge in [0.1, 0.15) is 102 Å². The van der Waals surface area contributed by atoms with Gasteiger partial charge in [-0.25, -0.2) is 4.79 Å². The molecule has 1 saturated heterocycles. The summed E-state index contributed by atoms with van der Waals surface area (Å²) in [5, 5.41) is 112. The van der Waals surface area contributed by atoms with E-state index in [9.17, 15) is 107 Å². The van der Waals surface area contributed by atoms with Crippen LogP contribution >= 0.6 is 75.8 Å². The minimum atomic E-state index is -1.89. The van der Waals surface area contributed by atoms with Crippen molar-refractivity contribution in [2.45, 2.75) is 201 Å². The summed E-state index contributed by atoms with van der Waals surface area (Å²) in [6.45, 7) is 1.96. The van der Waals surface area contributed by atoms with Crippen molar-refractivity contribution in [1.82, 2.24) is 111 Å². The maximum Gasteiger partial charge on any atom is 0.326 e. The number of aromatic amines is 1. The number of nitrogens with two attached hydrogens (primary N) is 4. The van der Waals surface area contributed by atoms with E-state index in [4.69, 9.17) is 39.2 Å². The smallest absolute Gasteiger partial charge is 0.326 e. The Hall–Kier alpha value is -12.8. The monoisotopic (exact) mass is 2110 g/mol. The van der Waals surface area contributed by atoms with Gasteiger partial charge in [-0.2, -0.15) is 75.8 Å². The molecule has 2 heterocycles. The Morgan fingerprint density at radius 1 is 0.434 bits per heavy atom. The van der Waals surface area contributed by atoms with Crippen LogP contribution in [0.5, 0.6) is 5.75 Å². The lowest BCUT2D eigenvalue weighted by molar-refractivity contribution is -0.143. The molecule has 0 saturated carbocycles. The van der Waals surface area contributed by atoms with Gasteiger partial charge >= 0.3 is 5.97 Å². The summed E-state index contributed by atoms with van der Waals surface area (Å²) in [6.07, 6.45) is -0.523. The van der Waals surface area contributed by atoms with Crippen LogP contribution < -0.4 is 124 Å². The second-order valence-electron chi connectivity index (χ2n) is 33.3. The van der Waals surface area contributed by atoms with E-state index in [1.165, 1.54) is 24.3 Å². The summed E-state index contributed by atoms with van der Waals surface area (Å²) in [5.41, 5.74) is 23.9. The molecule has 1 fully saturated rings. The van der Waals surface area contributed by atoms with Crippen LogP contribution in [0.25, 0.3) is 10.9 Å². The zero-order chi connectivity index (χ0) is 106. The predicted octanol–water partition coefficient (Wildman–Crippen LogP) is -8.89. The summed E-state index contributed by atoms with van der Waals surface area (Å²) in [7, 11) is 0. The highest BCUT2D eigenvalue weighted by molar-refractivity contribution is 7.81. The minimum absolute atomic E-state index is 0.00621. The quantitative estimate of drug-likeness (QED) is 0.00845. The lowest BCUT2D eigenvalue weighted by atomic mass is 9.97. The van der Waals surface area contributed by atoms with Gasteiger partial charge in [0, 0.05) is 97.1 Å². The third-order valence-electron chi connectivity index (χ3n) is 22.5. The first-order chi connectivity index (χ1) is 68.0. The third kappa shape index (κ3) is 40.5. The predicted molar refractivity (Wildman–Crippen MR) is 546 cm³/mol. The lowest BCUT2D eigenvalue weighted by Gasteiger charge is -2.30. The van der Waals surface area contributed by atoms with Gasteiger partial charge in [0.25, 0.3) is 0 Å². The topological polar surface area (TPSA) is 811 Å². The van der Waals surface area contributed by atoms with Crippen LogP contribution in [0.3, 0.4) is 0 Å². The maximum atomic E-state index is 14.7. The van der Waals surface area contributed by atoms with E-state index in [0.717, 1.165) is 11.8 Å². The number of para-hydroxylation sites is 1. The molecular weight excluding hydrogens is 1980 g/mol. The maximum absolute atomic E-state index is 14.7. The SMILES string of the molecule is CC[C@H](C)[C@H](NC(=O)[C@H](CS)NC(=O)[C@H](Cc1c[nH]c2ccccc12)NC(=O)[C@H](CS)NC(=O)CNC(=O)[C@H](Cc1ccc(O)cc1)NC(=O)[C@H](CCCNC(=N)N)NC(=O)[C@H](CO)NC(=O)[C@H](CS)NC(=O)[C@@H]1CCCN1C(=O)[C@H](CS)NC(=O)[C@H](CCCNC(=N)N)NC(=O)[C@H](CS)NC(=O)[C@H](Cc1ccccc1)NC(=O)CN)C(=O)N[C@@H](CS)C(=O)N[C@H](C(=O)N[C@@H](CCCNC(=N)N)C(=O)O)[C@@H](C)O. The second kappa shape index (κ2) is 62.6. The molecular formula is C87H132N28O22S6. The van der Waals surface area contributed by atoms with Crippen molar-refractivity contribution in [2.75, 3.05) is 80.4 Å². The Morgan fingerprint density at radius 3 is 1.29 bits per heavy atom. The van der Waals surface area contributed by atoms with Crippen LogP contribution in [0.2, 0.25) is 0 Å². The van der Waals surface area contributed by atoms with Crippen LogP contribution in [0.1, 0.15) is 95.2 Å². The molecule has 4 aromatic rings. The third-order valence-corrected chi connectivity index (χ3v) is 24.7. The molecule has 35 N–H and O–H groups in total. The highest BCUT2D eigenvalue weighted by atomic mass is 32.1.